The summed E-state index contributed by atoms with van der Waals surface area (Å²) >= 11 is 0. The van der Waals surface area contributed by atoms with Crippen molar-refractivity contribution in [3.05, 3.63) is 29.8 Å². The Morgan fingerprint density at radius 1 is 1.28 bits per heavy atom. The molecule has 1 amide bonds. The van der Waals surface area contributed by atoms with Gasteiger partial charge in [0.05, 0.1) is 12.6 Å². The molecule has 3 N–H and O–H groups in total. The fourth-order valence-electron chi connectivity index (χ4n) is 3.11. The van der Waals surface area contributed by atoms with Crippen LogP contribution in [0.4, 0.5) is 5.69 Å². The topological polar surface area (TPSA) is 74.8 Å². The molecule has 1 aromatic rings. The van der Waals surface area contributed by atoms with Gasteiger partial charge in [-0.05, 0) is 42.9 Å². The largest absolute Gasteiger partial charge is 0.379 e. The minimum atomic E-state index is 0. The van der Waals surface area contributed by atoms with Crippen LogP contribution in [-0.4, -0.2) is 38.2 Å². The van der Waals surface area contributed by atoms with Crippen LogP contribution in [0.15, 0.2) is 29.3 Å². The van der Waals surface area contributed by atoms with Gasteiger partial charge in [0.15, 0.2) is 5.96 Å². The Kier molecular flexibility index (Phi) is 11.0. The lowest BCUT2D eigenvalue weighted by Crippen LogP contribution is -2.45. The molecule has 2 rings (SSSR count). The monoisotopic (exact) mass is 516 g/mol. The number of carbonyl (C=O) groups is 1. The van der Waals surface area contributed by atoms with E-state index in [1.807, 2.05) is 31.2 Å². The number of aliphatic imine (C=N–C) groups is 1. The van der Waals surface area contributed by atoms with Crippen molar-refractivity contribution in [2.45, 2.75) is 59.6 Å². The summed E-state index contributed by atoms with van der Waals surface area (Å²) in [4.78, 5) is 16.8. The highest BCUT2D eigenvalue weighted by Crippen LogP contribution is 2.27. The van der Waals surface area contributed by atoms with Gasteiger partial charge in [-0.3, -0.25) is 4.79 Å². The van der Waals surface area contributed by atoms with E-state index in [2.05, 4.69) is 41.7 Å². The van der Waals surface area contributed by atoms with Crippen molar-refractivity contribution in [2.24, 2.45) is 16.3 Å². The van der Waals surface area contributed by atoms with E-state index < -0.39 is 0 Å². The van der Waals surface area contributed by atoms with Gasteiger partial charge in [-0.15, -0.1) is 24.0 Å². The van der Waals surface area contributed by atoms with E-state index in [0.29, 0.717) is 13.1 Å². The maximum Gasteiger partial charge on any atom is 0.227 e. The van der Waals surface area contributed by atoms with Gasteiger partial charge >= 0.3 is 0 Å². The van der Waals surface area contributed by atoms with Crippen LogP contribution in [-0.2, 0) is 16.1 Å². The van der Waals surface area contributed by atoms with Crippen molar-refractivity contribution in [2.75, 3.05) is 25.5 Å². The first-order chi connectivity index (χ1) is 13.3. The molecule has 29 heavy (non-hydrogen) atoms. The lowest BCUT2D eigenvalue weighted by atomic mass is 9.85. The summed E-state index contributed by atoms with van der Waals surface area (Å²) < 4.78 is 5.61. The molecular weight excluding hydrogens is 479 g/mol. The number of nitrogens with one attached hydrogen (secondary N) is 3. The maximum atomic E-state index is 12.1. The molecule has 0 saturated heterocycles. The summed E-state index contributed by atoms with van der Waals surface area (Å²) in [6, 6.07) is 7.91. The van der Waals surface area contributed by atoms with E-state index in [1.54, 1.807) is 7.11 Å². The number of amides is 1. The lowest BCUT2D eigenvalue weighted by molar-refractivity contribution is -0.122. The normalized spacial score (nSPS) is 15.7. The average Bonchev–Trinajstić information content (AvgIpc) is 2.57. The second-order valence-corrected chi connectivity index (χ2v) is 8.48. The van der Waals surface area contributed by atoms with Crippen molar-refractivity contribution in [3.8, 4) is 0 Å². The second-order valence-electron chi connectivity index (χ2n) is 8.48. The molecule has 1 saturated carbocycles. The number of rotatable bonds is 8. The molecule has 1 unspecified atom stereocenters. The molecule has 7 heteroatoms. The zero-order chi connectivity index (χ0) is 20.6. The molecule has 1 aromatic carbocycles. The minimum Gasteiger partial charge on any atom is -0.379 e. The van der Waals surface area contributed by atoms with Crippen LogP contribution in [0, 0.1) is 11.3 Å². The third-order valence-corrected chi connectivity index (χ3v) is 5.14. The Labute approximate surface area is 192 Å². The summed E-state index contributed by atoms with van der Waals surface area (Å²) in [5, 5.41) is 9.67. The van der Waals surface area contributed by atoms with Crippen LogP contribution < -0.4 is 16.0 Å². The van der Waals surface area contributed by atoms with E-state index in [1.165, 1.54) is 0 Å². The fraction of sp³-hybridized carbons (Fsp3) is 0.636. The summed E-state index contributed by atoms with van der Waals surface area (Å²) in [6.07, 6.45) is 3.25. The number of ether oxygens (including phenoxy) is 1. The van der Waals surface area contributed by atoms with E-state index in [9.17, 15) is 4.79 Å². The van der Waals surface area contributed by atoms with Crippen molar-refractivity contribution in [3.63, 3.8) is 0 Å². The van der Waals surface area contributed by atoms with Crippen LogP contribution in [0.3, 0.4) is 0 Å². The van der Waals surface area contributed by atoms with Crippen molar-refractivity contribution in [1.29, 1.82) is 0 Å². The van der Waals surface area contributed by atoms with Crippen LogP contribution in [0.2, 0.25) is 0 Å². The molecule has 1 aliphatic rings. The van der Waals surface area contributed by atoms with Gasteiger partial charge < -0.3 is 20.7 Å². The fourth-order valence-corrected chi connectivity index (χ4v) is 3.11. The first-order valence-corrected chi connectivity index (χ1v) is 10.3. The highest BCUT2D eigenvalue weighted by Gasteiger charge is 2.25. The van der Waals surface area contributed by atoms with Gasteiger partial charge in [0, 0.05) is 31.8 Å². The smallest absolute Gasteiger partial charge is 0.227 e. The van der Waals surface area contributed by atoms with E-state index >= 15 is 0 Å². The first-order valence-electron chi connectivity index (χ1n) is 10.3. The Morgan fingerprint density at radius 3 is 2.55 bits per heavy atom. The number of hydrogen-bond acceptors (Lipinski definition) is 3. The number of methoxy groups -OCH3 is 1. The number of hydrogen-bond donors (Lipinski definition) is 3. The predicted molar refractivity (Wildman–Crippen MR) is 131 cm³/mol. The number of nitrogens with zero attached hydrogens (tertiary/aromatic N) is 1. The molecule has 0 aromatic heterocycles. The molecule has 0 bridgehead atoms. The average molecular weight is 516 g/mol. The van der Waals surface area contributed by atoms with Crippen LogP contribution in [0.5, 0.6) is 0 Å². The van der Waals surface area contributed by atoms with Crippen LogP contribution >= 0.6 is 24.0 Å². The van der Waals surface area contributed by atoms with Crippen molar-refractivity contribution < 1.29 is 9.53 Å². The second kappa shape index (κ2) is 12.4. The highest BCUT2D eigenvalue weighted by molar-refractivity contribution is 14.0. The number of anilines is 1. The van der Waals surface area contributed by atoms with Crippen LogP contribution in [0.25, 0.3) is 0 Å². The molecule has 1 aliphatic carbocycles. The number of halogens is 1. The third-order valence-electron chi connectivity index (χ3n) is 5.14. The highest BCUT2D eigenvalue weighted by atomic mass is 127. The standard InChI is InChI=1S/C22H36N4O2.HI/c1-6-23-21(25-15-19(28-5)22(2,3)4)24-14-16-9-7-12-18(13-16)26-20(27)17-10-8-11-17;/h7,9,12-13,17,19H,6,8,10-11,14-15H2,1-5H3,(H,26,27)(H2,23,24,25);1H. The van der Waals surface area contributed by atoms with Crippen molar-refractivity contribution >= 4 is 41.5 Å². The van der Waals surface area contributed by atoms with Crippen LogP contribution in [0.1, 0.15) is 52.5 Å². The first kappa shape index (κ1) is 25.7. The summed E-state index contributed by atoms with van der Waals surface area (Å²) in [5.41, 5.74) is 1.95. The predicted octanol–water partition coefficient (Wildman–Crippen LogP) is 4.16. The van der Waals surface area contributed by atoms with Gasteiger partial charge in [-0.2, -0.15) is 0 Å². The molecule has 0 spiro atoms. The Morgan fingerprint density at radius 2 is 2.00 bits per heavy atom. The zero-order valence-corrected chi connectivity index (χ0v) is 20.7. The molecule has 0 aliphatic heterocycles. The quantitative estimate of drug-likeness (QED) is 0.276. The molecular formula is C22H37IN4O2. The maximum absolute atomic E-state index is 12.1. The molecule has 0 heterocycles. The molecule has 0 radical (unpaired) electrons. The summed E-state index contributed by atoms with van der Waals surface area (Å²) in [6.45, 7) is 10.5. The molecule has 164 valence electrons. The lowest BCUT2D eigenvalue weighted by Gasteiger charge is -2.30. The molecule has 6 nitrogen and oxygen atoms in total. The SMILES string of the molecule is CCNC(=NCc1cccc(NC(=O)C2CCC2)c1)NCC(OC)C(C)(C)C.I. The Bertz CT molecular complexity index is 669. The van der Waals surface area contributed by atoms with E-state index in [-0.39, 0.29) is 47.3 Å². The minimum absolute atomic E-state index is 0. The van der Waals surface area contributed by atoms with Gasteiger partial charge in [-0.25, -0.2) is 4.99 Å². The van der Waals surface area contributed by atoms with Gasteiger partial charge in [0.2, 0.25) is 5.91 Å². The Hall–Kier alpha value is -1.35. The summed E-state index contributed by atoms with van der Waals surface area (Å²) in [7, 11) is 1.74. The van der Waals surface area contributed by atoms with E-state index in [4.69, 9.17) is 4.74 Å². The molecule has 1 atom stereocenters. The Balaban J connectivity index is 0.00000420. The third kappa shape index (κ3) is 8.50. The number of benzene rings is 1. The van der Waals surface area contributed by atoms with Crippen molar-refractivity contribution in [1.82, 2.24) is 10.6 Å². The number of guanidine groups is 1. The van der Waals surface area contributed by atoms with Gasteiger partial charge in [0.25, 0.3) is 0 Å². The van der Waals surface area contributed by atoms with Gasteiger partial charge in [0.1, 0.15) is 0 Å². The zero-order valence-electron chi connectivity index (χ0n) is 18.4. The number of carbonyl (C=O) groups excluding carboxylic acids is 1. The molecule has 1 fully saturated rings. The van der Waals surface area contributed by atoms with Gasteiger partial charge in [-0.1, -0.05) is 39.3 Å². The van der Waals surface area contributed by atoms with E-state index in [0.717, 1.165) is 43.0 Å². The summed E-state index contributed by atoms with van der Waals surface area (Å²) in [5.74, 6) is 1.08.